The molecule has 106 valence electrons. The van der Waals surface area contributed by atoms with Crippen molar-refractivity contribution in [2.45, 2.75) is 11.4 Å². The molecule has 1 aromatic heterocycles. The standard InChI is InChI=1S/C14H16N2O3S/c1-19-12-6-4-11(5-7-12)8-10-20(17,18)14-13(15)3-2-9-16-14/h2-7,9H,8,10,15H2,1H3. The van der Waals surface area contributed by atoms with Crippen LogP contribution in [-0.4, -0.2) is 26.3 Å². The SMILES string of the molecule is COc1ccc(CCS(=O)(=O)c2ncccc2N)cc1. The summed E-state index contributed by atoms with van der Waals surface area (Å²) in [6.07, 6.45) is 1.83. The summed E-state index contributed by atoms with van der Waals surface area (Å²) >= 11 is 0. The predicted molar refractivity (Wildman–Crippen MR) is 77.4 cm³/mol. The molecule has 0 aliphatic rings. The largest absolute Gasteiger partial charge is 0.497 e. The molecular formula is C14H16N2O3S. The van der Waals surface area contributed by atoms with Gasteiger partial charge in [0.05, 0.1) is 18.6 Å². The number of aromatic nitrogens is 1. The first-order chi connectivity index (χ1) is 9.53. The highest BCUT2D eigenvalue weighted by Crippen LogP contribution is 2.18. The van der Waals surface area contributed by atoms with E-state index in [0.29, 0.717) is 6.42 Å². The molecule has 0 aliphatic heterocycles. The first-order valence-corrected chi connectivity index (χ1v) is 7.74. The highest BCUT2D eigenvalue weighted by Gasteiger charge is 2.18. The Morgan fingerprint density at radius 2 is 1.90 bits per heavy atom. The molecule has 0 saturated carbocycles. The highest BCUT2D eigenvalue weighted by molar-refractivity contribution is 7.91. The molecule has 0 unspecified atom stereocenters. The van der Waals surface area contributed by atoms with Crippen LogP contribution in [0, 0.1) is 0 Å². The van der Waals surface area contributed by atoms with Gasteiger partial charge in [-0.15, -0.1) is 0 Å². The number of nitrogen functional groups attached to an aromatic ring is 1. The lowest BCUT2D eigenvalue weighted by Gasteiger charge is -2.07. The van der Waals surface area contributed by atoms with Crippen LogP contribution in [0.15, 0.2) is 47.6 Å². The Kier molecular flexibility index (Phi) is 4.24. The summed E-state index contributed by atoms with van der Waals surface area (Å²) in [5, 5.41) is -0.0477. The quantitative estimate of drug-likeness (QED) is 0.906. The topological polar surface area (TPSA) is 82.3 Å². The van der Waals surface area contributed by atoms with Gasteiger partial charge in [-0.25, -0.2) is 13.4 Å². The van der Waals surface area contributed by atoms with Crippen LogP contribution >= 0.6 is 0 Å². The van der Waals surface area contributed by atoms with Crippen LogP contribution in [-0.2, 0) is 16.3 Å². The molecule has 0 spiro atoms. The average molecular weight is 292 g/mol. The van der Waals surface area contributed by atoms with Gasteiger partial charge < -0.3 is 10.5 Å². The molecule has 0 aliphatic carbocycles. The number of ether oxygens (including phenoxy) is 1. The first kappa shape index (κ1) is 14.3. The average Bonchev–Trinajstić information content (AvgIpc) is 2.46. The molecular weight excluding hydrogens is 276 g/mol. The van der Waals surface area contributed by atoms with Gasteiger partial charge in [-0.1, -0.05) is 12.1 Å². The summed E-state index contributed by atoms with van der Waals surface area (Å²) < 4.78 is 29.4. The number of sulfone groups is 1. The van der Waals surface area contributed by atoms with Crippen molar-refractivity contribution in [1.29, 1.82) is 0 Å². The van der Waals surface area contributed by atoms with Gasteiger partial charge in [-0.05, 0) is 36.2 Å². The van der Waals surface area contributed by atoms with E-state index in [1.807, 2.05) is 12.1 Å². The molecule has 0 atom stereocenters. The van der Waals surface area contributed by atoms with Gasteiger partial charge in [0, 0.05) is 6.20 Å². The molecule has 5 nitrogen and oxygen atoms in total. The van der Waals surface area contributed by atoms with Crippen molar-refractivity contribution in [3.8, 4) is 5.75 Å². The van der Waals surface area contributed by atoms with Gasteiger partial charge in [-0.3, -0.25) is 0 Å². The van der Waals surface area contributed by atoms with E-state index in [1.54, 1.807) is 25.3 Å². The van der Waals surface area contributed by atoms with E-state index in [-0.39, 0.29) is 16.5 Å². The maximum atomic E-state index is 12.2. The second-order valence-corrected chi connectivity index (χ2v) is 6.34. The van der Waals surface area contributed by atoms with Crippen LogP contribution in [0.4, 0.5) is 5.69 Å². The molecule has 2 rings (SSSR count). The van der Waals surface area contributed by atoms with Crippen molar-refractivity contribution < 1.29 is 13.2 Å². The van der Waals surface area contributed by atoms with Crippen molar-refractivity contribution >= 4 is 15.5 Å². The Morgan fingerprint density at radius 3 is 2.50 bits per heavy atom. The van der Waals surface area contributed by atoms with Crippen LogP contribution in [0.3, 0.4) is 0 Å². The fraction of sp³-hybridized carbons (Fsp3) is 0.214. The third-order valence-electron chi connectivity index (χ3n) is 2.91. The maximum Gasteiger partial charge on any atom is 0.198 e. The van der Waals surface area contributed by atoms with Crippen LogP contribution < -0.4 is 10.5 Å². The van der Waals surface area contributed by atoms with E-state index in [9.17, 15) is 8.42 Å². The smallest absolute Gasteiger partial charge is 0.198 e. The lowest BCUT2D eigenvalue weighted by Crippen LogP contribution is -2.13. The molecule has 20 heavy (non-hydrogen) atoms. The van der Waals surface area contributed by atoms with E-state index in [0.717, 1.165) is 11.3 Å². The van der Waals surface area contributed by atoms with Crippen molar-refractivity contribution in [3.05, 3.63) is 48.2 Å². The van der Waals surface area contributed by atoms with Crippen molar-refractivity contribution in [3.63, 3.8) is 0 Å². The van der Waals surface area contributed by atoms with Gasteiger partial charge in [0.25, 0.3) is 0 Å². The van der Waals surface area contributed by atoms with Gasteiger partial charge in [0.1, 0.15) is 5.75 Å². The van der Waals surface area contributed by atoms with Gasteiger partial charge in [0.15, 0.2) is 14.9 Å². The number of methoxy groups -OCH3 is 1. The first-order valence-electron chi connectivity index (χ1n) is 6.09. The van der Waals surface area contributed by atoms with Gasteiger partial charge in [0.2, 0.25) is 0 Å². The van der Waals surface area contributed by atoms with E-state index < -0.39 is 9.84 Å². The molecule has 1 aromatic carbocycles. The summed E-state index contributed by atoms with van der Waals surface area (Å²) in [5.74, 6) is 0.714. The molecule has 2 aromatic rings. The summed E-state index contributed by atoms with van der Waals surface area (Å²) in [4.78, 5) is 3.86. The Morgan fingerprint density at radius 1 is 1.20 bits per heavy atom. The number of aryl methyl sites for hydroxylation is 1. The minimum Gasteiger partial charge on any atom is -0.497 e. The minimum atomic E-state index is -3.47. The molecule has 0 fully saturated rings. The van der Waals surface area contributed by atoms with Gasteiger partial charge in [-0.2, -0.15) is 0 Å². The van der Waals surface area contributed by atoms with E-state index in [4.69, 9.17) is 10.5 Å². The Labute approximate surface area is 118 Å². The zero-order valence-electron chi connectivity index (χ0n) is 11.1. The van der Waals surface area contributed by atoms with E-state index >= 15 is 0 Å². The normalized spacial score (nSPS) is 11.2. The number of benzene rings is 1. The fourth-order valence-corrected chi connectivity index (χ4v) is 3.15. The number of anilines is 1. The number of hydrogen-bond acceptors (Lipinski definition) is 5. The number of nitrogens with two attached hydrogens (primary N) is 1. The number of nitrogens with zero attached hydrogens (tertiary/aromatic N) is 1. The molecule has 6 heteroatoms. The molecule has 0 radical (unpaired) electrons. The number of rotatable bonds is 5. The second kappa shape index (κ2) is 5.92. The zero-order chi connectivity index (χ0) is 14.6. The van der Waals surface area contributed by atoms with Crippen LogP contribution in [0.25, 0.3) is 0 Å². The maximum absolute atomic E-state index is 12.2. The fourth-order valence-electron chi connectivity index (χ4n) is 1.80. The summed E-state index contributed by atoms with van der Waals surface area (Å²) in [6, 6.07) is 10.4. The number of pyridine rings is 1. The van der Waals surface area contributed by atoms with E-state index in [1.165, 1.54) is 12.3 Å². The zero-order valence-corrected chi connectivity index (χ0v) is 11.9. The van der Waals surface area contributed by atoms with Crippen LogP contribution in [0.5, 0.6) is 5.75 Å². The summed E-state index contributed by atoms with van der Waals surface area (Å²) in [5.41, 5.74) is 6.76. The lowest BCUT2D eigenvalue weighted by atomic mass is 10.2. The van der Waals surface area contributed by atoms with Gasteiger partial charge >= 0.3 is 0 Å². The highest BCUT2D eigenvalue weighted by atomic mass is 32.2. The molecule has 2 N–H and O–H groups in total. The minimum absolute atomic E-state index is 0.0272. The van der Waals surface area contributed by atoms with Crippen molar-refractivity contribution in [2.24, 2.45) is 0 Å². The van der Waals surface area contributed by atoms with Crippen LogP contribution in [0.1, 0.15) is 5.56 Å². The molecule has 1 heterocycles. The Hall–Kier alpha value is -2.08. The van der Waals surface area contributed by atoms with Crippen LogP contribution in [0.2, 0.25) is 0 Å². The summed E-state index contributed by atoms with van der Waals surface area (Å²) in [7, 11) is -1.89. The molecule has 0 bridgehead atoms. The molecule has 0 saturated heterocycles. The Bertz CT molecular complexity index is 682. The molecule has 0 amide bonds. The van der Waals surface area contributed by atoms with Crippen molar-refractivity contribution in [1.82, 2.24) is 4.98 Å². The van der Waals surface area contributed by atoms with Crippen molar-refractivity contribution in [2.75, 3.05) is 18.6 Å². The predicted octanol–water partition coefficient (Wildman–Crippen LogP) is 1.69. The second-order valence-electron chi connectivity index (χ2n) is 4.31. The Balaban J connectivity index is 2.11. The third kappa shape index (κ3) is 3.27. The lowest BCUT2D eigenvalue weighted by molar-refractivity contribution is 0.414. The monoisotopic (exact) mass is 292 g/mol. The summed E-state index contributed by atoms with van der Waals surface area (Å²) in [6.45, 7) is 0. The third-order valence-corrected chi connectivity index (χ3v) is 4.59. The van der Waals surface area contributed by atoms with E-state index in [2.05, 4.69) is 4.98 Å². The number of hydrogen-bond donors (Lipinski definition) is 1.